The first kappa shape index (κ1) is 24.4. The first-order valence-corrected chi connectivity index (χ1v) is 11.3. The molecule has 35 heavy (non-hydrogen) atoms. The van der Waals surface area contributed by atoms with Crippen molar-refractivity contribution in [3.63, 3.8) is 0 Å². The molecule has 1 saturated carbocycles. The normalized spacial score (nSPS) is 43.6. The average molecular weight is 496 g/mol. The van der Waals surface area contributed by atoms with Crippen LogP contribution >= 0.6 is 0 Å². The highest BCUT2D eigenvalue weighted by Crippen LogP contribution is 2.57. The fraction of sp³-hybridized carbons (Fsp3) is 0.609. The minimum atomic E-state index is -1.68. The molecule has 12 nitrogen and oxygen atoms in total. The van der Waals surface area contributed by atoms with E-state index in [1.807, 2.05) is 0 Å². The topological polar surface area (TPSA) is 177 Å². The molecule has 192 valence electrons. The van der Waals surface area contributed by atoms with Crippen LogP contribution in [-0.2, 0) is 23.7 Å². The number of aliphatic hydroxyl groups excluding tert-OH is 4. The second-order valence-electron chi connectivity index (χ2n) is 9.09. The molecule has 0 unspecified atom stereocenters. The molecular formula is C23H28O12. The predicted molar refractivity (Wildman–Crippen MR) is 113 cm³/mol. The largest absolute Gasteiger partial charge is 0.497 e. The molecule has 1 aromatic rings. The minimum absolute atomic E-state index is 0.270. The standard InChI is InChI=1S/C23H28O12/c1-30-11-4-2-10(3-5-11)20(28)32-9-23(29)14-12(18-19(23)34-18)6-7-31-21(14)35-22-17(27)16(26)15(25)13(8-24)33-22/h2-7,12-19,21-22,24-27,29H,8-9H2,1H3/t12-,13-,14-,15-,16+,17-,18+,19+,21+,22+,23-/m1/s1. The third kappa shape index (κ3) is 4.19. The Morgan fingerprint density at radius 2 is 1.80 bits per heavy atom. The quantitative estimate of drug-likeness (QED) is 0.214. The summed E-state index contributed by atoms with van der Waals surface area (Å²) < 4.78 is 32.9. The summed E-state index contributed by atoms with van der Waals surface area (Å²) >= 11 is 0. The zero-order chi connectivity index (χ0) is 24.9. The molecule has 3 aliphatic heterocycles. The smallest absolute Gasteiger partial charge is 0.338 e. The maximum absolute atomic E-state index is 12.6. The lowest BCUT2D eigenvalue weighted by molar-refractivity contribution is -0.349. The number of hydrogen-bond donors (Lipinski definition) is 5. The third-order valence-corrected chi connectivity index (χ3v) is 7.07. The van der Waals surface area contributed by atoms with E-state index in [0.29, 0.717) is 5.75 Å². The lowest BCUT2D eigenvalue weighted by Gasteiger charge is -2.44. The second kappa shape index (κ2) is 9.30. The van der Waals surface area contributed by atoms with Crippen LogP contribution in [0.4, 0.5) is 0 Å². The van der Waals surface area contributed by atoms with Crippen molar-refractivity contribution >= 4 is 5.97 Å². The Balaban J connectivity index is 1.31. The lowest BCUT2D eigenvalue weighted by atomic mass is 9.83. The van der Waals surface area contributed by atoms with E-state index < -0.39 is 73.8 Å². The number of hydrogen-bond acceptors (Lipinski definition) is 12. The number of ether oxygens (including phenoxy) is 6. The molecule has 12 heteroatoms. The van der Waals surface area contributed by atoms with E-state index >= 15 is 0 Å². The van der Waals surface area contributed by atoms with E-state index in [0.717, 1.165) is 0 Å². The fourth-order valence-electron chi connectivity index (χ4n) is 5.09. The Labute approximate surface area is 200 Å². The Hall–Kier alpha value is -2.29. The second-order valence-corrected chi connectivity index (χ2v) is 9.09. The number of epoxide rings is 1. The number of rotatable bonds is 7. The Bertz CT molecular complexity index is 950. The van der Waals surface area contributed by atoms with Gasteiger partial charge in [-0.3, -0.25) is 0 Å². The Morgan fingerprint density at radius 3 is 2.49 bits per heavy atom. The Morgan fingerprint density at radius 1 is 1.06 bits per heavy atom. The number of benzene rings is 1. The van der Waals surface area contributed by atoms with Crippen LogP contribution in [0.25, 0.3) is 0 Å². The predicted octanol–water partition coefficient (Wildman–Crippen LogP) is -1.72. The fourth-order valence-corrected chi connectivity index (χ4v) is 5.09. The van der Waals surface area contributed by atoms with Gasteiger partial charge in [-0.1, -0.05) is 0 Å². The maximum atomic E-state index is 12.6. The van der Waals surface area contributed by atoms with Crippen molar-refractivity contribution in [1.82, 2.24) is 0 Å². The number of esters is 1. The molecule has 3 heterocycles. The van der Waals surface area contributed by atoms with Crippen LogP contribution < -0.4 is 4.74 Å². The molecule has 2 saturated heterocycles. The van der Waals surface area contributed by atoms with Crippen LogP contribution in [0.2, 0.25) is 0 Å². The van der Waals surface area contributed by atoms with Crippen LogP contribution in [0.15, 0.2) is 36.6 Å². The van der Waals surface area contributed by atoms with Gasteiger partial charge in [-0.15, -0.1) is 0 Å². The molecule has 1 aromatic carbocycles. The van der Waals surface area contributed by atoms with Gasteiger partial charge in [0, 0.05) is 5.92 Å². The number of aliphatic hydroxyl groups is 5. The van der Waals surface area contributed by atoms with E-state index in [2.05, 4.69) is 0 Å². The van der Waals surface area contributed by atoms with Crippen molar-refractivity contribution in [2.24, 2.45) is 11.8 Å². The highest BCUT2D eigenvalue weighted by molar-refractivity contribution is 5.89. The van der Waals surface area contributed by atoms with Gasteiger partial charge in [0.05, 0.1) is 37.6 Å². The first-order valence-electron chi connectivity index (χ1n) is 11.3. The van der Waals surface area contributed by atoms with Gasteiger partial charge in [-0.25, -0.2) is 4.79 Å². The summed E-state index contributed by atoms with van der Waals surface area (Å²) in [6, 6.07) is 6.30. The van der Waals surface area contributed by atoms with Gasteiger partial charge in [-0.2, -0.15) is 0 Å². The van der Waals surface area contributed by atoms with E-state index in [-0.39, 0.29) is 17.6 Å². The molecular weight excluding hydrogens is 468 g/mol. The zero-order valence-electron chi connectivity index (χ0n) is 18.7. The van der Waals surface area contributed by atoms with E-state index in [9.17, 15) is 30.3 Å². The monoisotopic (exact) mass is 496 g/mol. The lowest BCUT2D eigenvalue weighted by Crippen LogP contribution is -2.61. The van der Waals surface area contributed by atoms with Gasteiger partial charge in [-0.05, 0) is 30.3 Å². The minimum Gasteiger partial charge on any atom is -0.497 e. The molecule has 0 aromatic heterocycles. The van der Waals surface area contributed by atoms with Gasteiger partial charge < -0.3 is 54.0 Å². The summed E-state index contributed by atoms with van der Waals surface area (Å²) in [5, 5.41) is 51.4. The summed E-state index contributed by atoms with van der Waals surface area (Å²) in [4.78, 5) is 12.6. The van der Waals surface area contributed by atoms with Gasteiger partial charge in [0.1, 0.15) is 48.5 Å². The highest BCUT2D eigenvalue weighted by Gasteiger charge is 2.73. The van der Waals surface area contributed by atoms with E-state index in [1.165, 1.54) is 25.5 Å². The van der Waals surface area contributed by atoms with E-state index in [1.54, 1.807) is 18.2 Å². The molecule has 11 atom stereocenters. The van der Waals surface area contributed by atoms with E-state index in [4.69, 9.17) is 28.4 Å². The van der Waals surface area contributed by atoms with Crippen LogP contribution in [0.5, 0.6) is 5.75 Å². The molecule has 1 aliphatic carbocycles. The molecule has 5 rings (SSSR count). The number of carbonyl (C=O) groups excluding carboxylic acids is 1. The average Bonchev–Trinajstić information content (AvgIpc) is 3.65. The summed E-state index contributed by atoms with van der Waals surface area (Å²) in [6.45, 7) is -1.03. The number of fused-ring (bicyclic) bond motifs is 3. The zero-order valence-corrected chi connectivity index (χ0v) is 18.7. The maximum Gasteiger partial charge on any atom is 0.338 e. The first-order chi connectivity index (χ1) is 16.8. The van der Waals surface area contributed by atoms with Crippen LogP contribution in [0.3, 0.4) is 0 Å². The molecule has 0 radical (unpaired) electrons. The highest BCUT2D eigenvalue weighted by atomic mass is 16.8. The van der Waals surface area contributed by atoms with Crippen molar-refractivity contribution in [3.8, 4) is 5.75 Å². The number of carbonyl (C=O) groups is 1. The SMILES string of the molecule is COc1ccc(C(=O)OC[C@@]2(O)[C@H]3[C@H](O[C@@H]4O[C@H](CO)[C@@H](O)[C@H](O)[C@H]4O)OC=C[C@H]3[C@@H]3O[C@@H]32)cc1. The molecule has 4 aliphatic rings. The van der Waals surface area contributed by atoms with Crippen molar-refractivity contribution in [2.45, 2.75) is 54.8 Å². The molecule has 0 bridgehead atoms. The summed E-state index contributed by atoms with van der Waals surface area (Å²) in [7, 11) is 1.51. The van der Waals surface area contributed by atoms with Gasteiger partial charge >= 0.3 is 5.97 Å². The van der Waals surface area contributed by atoms with Crippen LogP contribution in [-0.4, -0.2) is 107 Å². The van der Waals surface area contributed by atoms with Crippen LogP contribution in [0.1, 0.15) is 10.4 Å². The third-order valence-electron chi connectivity index (χ3n) is 7.07. The van der Waals surface area contributed by atoms with Gasteiger partial charge in [0.15, 0.2) is 6.29 Å². The summed E-state index contributed by atoms with van der Waals surface area (Å²) in [5.74, 6) is -1.19. The molecule has 0 amide bonds. The van der Waals surface area contributed by atoms with Crippen LogP contribution in [0, 0.1) is 11.8 Å². The van der Waals surface area contributed by atoms with Crippen molar-refractivity contribution in [2.75, 3.05) is 20.3 Å². The van der Waals surface area contributed by atoms with Crippen molar-refractivity contribution in [3.05, 3.63) is 42.2 Å². The van der Waals surface area contributed by atoms with Gasteiger partial charge in [0.25, 0.3) is 0 Å². The van der Waals surface area contributed by atoms with Crippen molar-refractivity contribution in [1.29, 1.82) is 0 Å². The summed E-state index contributed by atoms with van der Waals surface area (Å²) in [6.07, 6.45) is -6.51. The summed E-state index contributed by atoms with van der Waals surface area (Å²) in [5.41, 5.74) is -1.41. The molecule has 3 fully saturated rings. The number of methoxy groups -OCH3 is 1. The van der Waals surface area contributed by atoms with Crippen molar-refractivity contribution < 1.29 is 58.7 Å². The Kier molecular flexibility index (Phi) is 6.48. The molecule has 5 N–H and O–H groups in total. The molecule has 0 spiro atoms. The van der Waals surface area contributed by atoms with Gasteiger partial charge in [0.2, 0.25) is 6.29 Å².